The lowest BCUT2D eigenvalue weighted by molar-refractivity contribution is -0.121. The fraction of sp³-hybridized carbons (Fsp3) is 0.357. The highest BCUT2D eigenvalue weighted by Gasteiger charge is 2.21. The Balaban J connectivity index is 1.40. The molecule has 2 aromatic carbocycles. The second-order valence-corrected chi connectivity index (χ2v) is 8.72. The largest absolute Gasteiger partial charge is 0.497 e. The summed E-state index contributed by atoms with van der Waals surface area (Å²) < 4.78 is 11.2. The van der Waals surface area contributed by atoms with Crippen LogP contribution >= 0.6 is 0 Å². The molecule has 0 saturated carbocycles. The molecule has 1 aromatic heterocycles. The van der Waals surface area contributed by atoms with Gasteiger partial charge >= 0.3 is 0 Å². The third-order valence-corrected chi connectivity index (χ3v) is 6.22. The van der Waals surface area contributed by atoms with Gasteiger partial charge in [0.1, 0.15) is 11.5 Å². The molecule has 35 heavy (non-hydrogen) atoms. The van der Waals surface area contributed by atoms with Crippen LogP contribution in [-0.2, 0) is 4.79 Å². The van der Waals surface area contributed by atoms with Gasteiger partial charge in [-0.1, -0.05) is 42.5 Å². The predicted molar refractivity (Wildman–Crippen MR) is 135 cm³/mol. The van der Waals surface area contributed by atoms with E-state index in [0.29, 0.717) is 44.0 Å². The van der Waals surface area contributed by atoms with Crippen LogP contribution < -0.4 is 15.4 Å². The van der Waals surface area contributed by atoms with Crippen LogP contribution in [0.5, 0.6) is 5.75 Å². The van der Waals surface area contributed by atoms with Crippen molar-refractivity contribution in [1.29, 1.82) is 0 Å². The summed E-state index contributed by atoms with van der Waals surface area (Å²) >= 11 is 0. The van der Waals surface area contributed by atoms with Crippen LogP contribution in [0.1, 0.15) is 47.8 Å². The molecule has 1 atom stereocenters. The zero-order chi connectivity index (χ0) is 24.5. The molecule has 7 heteroatoms. The Labute approximate surface area is 206 Å². The number of methoxy groups -OCH3 is 1. The van der Waals surface area contributed by atoms with Gasteiger partial charge in [0.15, 0.2) is 5.76 Å². The van der Waals surface area contributed by atoms with Gasteiger partial charge in [-0.3, -0.25) is 9.59 Å². The van der Waals surface area contributed by atoms with Gasteiger partial charge < -0.3 is 24.7 Å². The molecule has 1 unspecified atom stereocenters. The van der Waals surface area contributed by atoms with Crippen molar-refractivity contribution in [1.82, 2.24) is 15.5 Å². The molecule has 0 radical (unpaired) electrons. The Morgan fingerprint density at radius 3 is 2.63 bits per heavy atom. The molecular weight excluding hydrogens is 442 g/mol. The van der Waals surface area contributed by atoms with Crippen LogP contribution in [0.2, 0.25) is 0 Å². The zero-order valence-electron chi connectivity index (χ0n) is 20.2. The van der Waals surface area contributed by atoms with Crippen LogP contribution in [0, 0.1) is 0 Å². The van der Waals surface area contributed by atoms with Gasteiger partial charge in [-0.05, 0) is 55.6 Å². The maximum Gasteiger partial charge on any atom is 0.289 e. The van der Waals surface area contributed by atoms with Gasteiger partial charge in [0, 0.05) is 37.7 Å². The monoisotopic (exact) mass is 475 g/mol. The lowest BCUT2D eigenvalue weighted by atomic mass is 10.0. The third kappa shape index (κ3) is 6.73. The molecule has 1 fully saturated rings. The van der Waals surface area contributed by atoms with Crippen molar-refractivity contribution in [3.8, 4) is 17.1 Å². The zero-order valence-corrected chi connectivity index (χ0v) is 20.2. The van der Waals surface area contributed by atoms with Gasteiger partial charge in [0.05, 0.1) is 7.11 Å². The van der Waals surface area contributed by atoms with E-state index in [-0.39, 0.29) is 17.9 Å². The average Bonchev–Trinajstić information content (AvgIpc) is 3.39. The summed E-state index contributed by atoms with van der Waals surface area (Å²) in [5.41, 5.74) is 1.97. The van der Waals surface area contributed by atoms with E-state index < -0.39 is 0 Å². The number of furan rings is 1. The number of benzene rings is 2. The number of ether oxygens (including phenoxy) is 1. The lowest BCUT2D eigenvalue weighted by Crippen LogP contribution is -2.35. The van der Waals surface area contributed by atoms with E-state index in [1.165, 1.54) is 0 Å². The topological polar surface area (TPSA) is 83.8 Å². The fourth-order valence-electron chi connectivity index (χ4n) is 4.31. The highest BCUT2D eigenvalue weighted by molar-refractivity contribution is 5.92. The van der Waals surface area contributed by atoms with Gasteiger partial charge in [-0.2, -0.15) is 0 Å². The minimum atomic E-state index is -0.129. The summed E-state index contributed by atoms with van der Waals surface area (Å²) in [6, 6.07) is 21.1. The number of carbonyl (C=O) groups is 2. The van der Waals surface area contributed by atoms with Crippen molar-refractivity contribution >= 4 is 11.8 Å². The number of rotatable bonds is 4. The standard InChI is InChI=1S/C28H33N3O4/c1-34-23-12-7-11-22(19-23)25-13-14-26(35-25)28(33)31-17-6-5-15-29-24(21-9-3-2-4-10-21)20-27(32)30-16-8-18-31/h2-4,7,9-14,19,24,29H,5-6,8,15-18,20H2,1H3,(H,30,32). The Morgan fingerprint density at radius 2 is 1.80 bits per heavy atom. The van der Waals surface area contributed by atoms with Crippen molar-refractivity contribution in [3.63, 3.8) is 0 Å². The Hall–Kier alpha value is -3.58. The summed E-state index contributed by atoms with van der Waals surface area (Å²) in [5, 5.41) is 6.52. The molecule has 1 aliphatic rings. The molecule has 1 saturated heterocycles. The molecule has 2 heterocycles. The maximum atomic E-state index is 13.3. The van der Waals surface area contributed by atoms with Crippen molar-refractivity contribution in [2.45, 2.75) is 31.7 Å². The molecule has 2 N–H and O–H groups in total. The lowest BCUT2D eigenvalue weighted by Gasteiger charge is -2.21. The molecule has 184 valence electrons. The maximum absolute atomic E-state index is 13.3. The molecule has 7 nitrogen and oxygen atoms in total. The van der Waals surface area contributed by atoms with Crippen LogP contribution in [0.15, 0.2) is 71.1 Å². The fourth-order valence-corrected chi connectivity index (χ4v) is 4.31. The van der Waals surface area contributed by atoms with Crippen LogP contribution in [0.3, 0.4) is 0 Å². The van der Waals surface area contributed by atoms with Gasteiger partial charge in [0.25, 0.3) is 5.91 Å². The van der Waals surface area contributed by atoms with Gasteiger partial charge in [-0.25, -0.2) is 0 Å². The summed E-state index contributed by atoms with van der Waals surface area (Å²) in [7, 11) is 1.62. The molecule has 1 aliphatic heterocycles. The van der Waals surface area contributed by atoms with Crippen LogP contribution in [0.4, 0.5) is 0 Å². The first-order valence-electron chi connectivity index (χ1n) is 12.2. The molecule has 4 rings (SSSR count). The van der Waals surface area contributed by atoms with E-state index in [9.17, 15) is 9.59 Å². The summed E-state index contributed by atoms with van der Waals surface area (Å²) in [4.78, 5) is 27.6. The number of carbonyl (C=O) groups excluding carboxylic acids is 2. The SMILES string of the molecule is COc1cccc(-c2ccc(C(=O)N3CCCCNC(c4ccccc4)CC(=O)NCCC3)o2)c1. The van der Waals surface area contributed by atoms with E-state index in [1.807, 2.05) is 65.6 Å². The first-order valence-corrected chi connectivity index (χ1v) is 12.2. The van der Waals surface area contributed by atoms with E-state index in [0.717, 1.165) is 36.3 Å². The Kier molecular flexibility index (Phi) is 8.57. The van der Waals surface area contributed by atoms with Crippen molar-refractivity contribution in [2.24, 2.45) is 0 Å². The normalized spacial score (nSPS) is 18.0. The Morgan fingerprint density at radius 1 is 0.971 bits per heavy atom. The summed E-state index contributed by atoms with van der Waals surface area (Å²) in [6.07, 6.45) is 2.85. The van der Waals surface area contributed by atoms with Gasteiger partial charge in [-0.15, -0.1) is 0 Å². The Bertz CT molecular complexity index is 1110. The minimum Gasteiger partial charge on any atom is -0.497 e. The molecule has 2 amide bonds. The summed E-state index contributed by atoms with van der Waals surface area (Å²) in [6.45, 7) is 2.50. The highest BCUT2D eigenvalue weighted by atomic mass is 16.5. The van der Waals surface area contributed by atoms with Crippen molar-refractivity contribution in [3.05, 3.63) is 78.1 Å². The van der Waals surface area contributed by atoms with Crippen LogP contribution in [0.25, 0.3) is 11.3 Å². The third-order valence-electron chi connectivity index (χ3n) is 6.22. The average molecular weight is 476 g/mol. The minimum absolute atomic E-state index is 0.0115. The second kappa shape index (κ2) is 12.2. The van der Waals surface area contributed by atoms with E-state index in [4.69, 9.17) is 9.15 Å². The molecule has 0 spiro atoms. The number of amides is 2. The van der Waals surface area contributed by atoms with Crippen molar-refractivity contribution in [2.75, 3.05) is 33.3 Å². The van der Waals surface area contributed by atoms with Crippen LogP contribution in [-0.4, -0.2) is 50.0 Å². The van der Waals surface area contributed by atoms with Crippen molar-refractivity contribution < 1.29 is 18.7 Å². The smallest absolute Gasteiger partial charge is 0.289 e. The second-order valence-electron chi connectivity index (χ2n) is 8.72. The number of hydrogen-bond acceptors (Lipinski definition) is 5. The number of nitrogens with one attached hydrogen (secondary N) is 2. The highest BCUT2D eigenvalue weighted by Crippen LogP contribution is 2.26. The molecule has 0 bridgehead atoms. The predicted octanol–water partition coefficient (Wildman–Crippen LogP) is 4.42. The number of hydrogen-bond donors (Lipinski definition) is 2. The summed E-state index contributed by atoms with van der Waals surface area (Å²) in [5.74, 6) is 1.56. The molecular formula is C28H33N3O4. The molecule has 3 aromatic rings. The first-order chi connectivity index (χ1) is 17.1. The number of nitrogens with zero attached hydrogens (tertiary/aromatic N) is 1. The quantitative estimate of drug-likeness (QED) is 0.584. The van der Waals surface area contributed by atoms with E-state index in [1.54, 1.807) is 13.2 Å². The molecule has 0 aliphatic carbocycles. The van der Waals surface area contributed by atoms with E-state index in [2.05, 4.69) is 10.6 Å². The first kappa shape index (κ1) is 24.5. The van der Waals surface area contributed by atoms with E-state index >= 15 is 0 Å². The van der Waals surface area contributed by atoms with Gasteiger partial charge in [0.2, 0.25) is 5.91 Å².